The first kappa shape index (κ1) is 25.3. The van der Waals surface area contributed by atoms with Crippen LogP contribution in [0.1, 0.15) is 39.5 Å². The summed E-state index contributed by atoms with van der Waals surface area (Å²) in [5, 5.41) is 5.71. The van der Waals surface area contributed by atoms with Crippen LogP contribution in [0.5, 0.6) is 0 Å². The highest BCUT2D eigenvalue weighted by molar-refractivity contribution is 5.92. The summed E-state index contributed by atoms with van der Waals surface area (Å²) in [7, 11) is 0. The van der Waals surface area contributed by atoms with Crippen LogP contribution in [0, 0.1) is 11.8 Å². The number of benzene rings is 1. The minimum Gasteiger partial charge on any atom is -0.466 e. The van der Waals surface area contributed by atoms with E-state index in [1.165, 1.54) is 0 Å². The van der Waals surface area contributed by atoms with Gasteiger partial charge in [0, 0.05) is 37.6 Å². The molecule has 0 spiro atoms. The van der Waals surface area contributed by atoms with Crippen LogP contribution in [0.25, 0.3) is 0 Å². The number of nitrogens with zero attached hydrogens (tertiary/aromatic N) is 2. The molecule has 0 atom stereocenters. The molecule has 0 bridgehead atoms. The van der Waals surface area contributed by atoms with Gasteiger partial charge < -0.3 is 29.9 Å². The van der Waals surface area contributed by atoms with Crippen LogP contribution < -0.4 is 10.6 Å². The van der Waals surface area contributed by atoms with E-state index in [9.17, 15) is 19.2 Å². The second-order valence-corrected chi connectivity index (χ2v) is 8.46. The van der Waals surface area contributed by atoms with E-state index >= 15 is 0 Å². The van der Waals surface area contributed by atoms with E-state index in [0.717, 1.165) is 0 Å². The van der Waals surface area contributed by atoms with Crippen LogP contribution in [-0.4, -0.2) is 73.2 Å². The summed E-state index contributed by atoms with van der Waals surface area (Å²) in [6.45, 7) is 6.29. The van der Waals surface area contributed by atoms with Gasteiger partial charge in [0.1, 0.15) is 0 Å². The fourth-order valence-corrected chi connectivity index (χ4v) is 4.20. The Morgan fingerprint density at radius 1 is 0.706 bits per heavy atom. The standard InChI is InChI=1S/C24H34N4O6/c1-3-33-21(29)17-9-13-27(14-10-17)23(31)25-19-5-7-20(8-6-19)26-24(32)28-15-11-18(12-16-28)22(30)34-4-2/h5-8,17-18H,3-4,9-16H2,1-2H3,(H,25,31)(H,26,32). The summed E-state index contributed by atoms with van der Waals surface area (Å²) in [5.41, 5.74) is 1.23. The van der Waals surface area contributed by atoms with Gasteiger partial charge in [-0.05, 0) is 63.8 Å². The number of esters is 2. The van der Waals surface area contributed by atoms with E-state index in [2.05, 4.69) is 10.6 Å². The molecule has 1 aromatic carbocycles. The van der Waals surface area contributed by atoms with Gasteiger partial charge in [-0.1, -0.05) is 0 Å². The molecule has 2 fully saturated rings. The molecule has 186 valence electrons. The predicted molar refractivity (Wildman–Crippen MR) is 126 cm³/mol. The van der Waals surface area contributed by atoms with E-state index in [0.29, 0.717) is 76.5 Å². The second kappa shape index (κ2) is 12.2. The van der Waals surface area contributed by atoms with Gasteiger partial charge in [0.2, 0.25) is 0 Å². The molecule has 4 amide bonds. The third-order valence-electron chi connectivity index (χ3n) is 6.19. The fraction of sp³-hybridized carbons (Fsp3) is 0.583. The Bertz CT molecular complexity index is 788. The lowest BCUT2D eigenvalue weighted by Crippen LogP contribution is -2.43. The maximum atomic E-state index is 12.5. The lowest BCUT2D eigenvalue weighted by Gasteiger charge is -2.31. The van der Waals surface area contributed by atoms with Gasteiger partial charge in [-0.3, -0.25) is 9.59 Å². The van der Waals surface area contributed by atoms with Crippen molar-refractivity contribution in [2.75, 3.05) is 50.0 Å². The first-order valence-corrected chi connectivity index (χ1v) is 12.0. The van der Waals surface area contributed by atoms with Crippen molar-refractivity contribution in [3.05, 3.63) is 24.3 Å². The third kappa shape index (κ3) is 6.85. The molecule has 0 aromatic heterocycles. The summed E-state index contributed by atoms with van der Waals surface area (Å²) < 4.78 is 10.1. The van der Waals surface area contributed by atoms with E-state index < -0.39 is 0 Å². The number of carbonyl (C=O) groups is 4. The molecular formula is C24H34N4O6. The van der Waals surface area contributed by atoms with Crippen LogP contribution in [0.2, 0.25) is 0 Å². The minimum absolute atomic E-state index is 0.150. The molecule has 0 radical (unpaired) electrons. The van der Waals surface area contributed by atoms with Crippen LogP contribution in [0.3, 0.4) is 0 Å². The summed E-state index contributed by atoms with van der Waals surface area (Å²) in [6.07, 6.45) is 2.37. The summed E-state index contributed by atoms with van der Waals surface area (Å²) in [5.74, 6) is -0.683. The lowest BCUT2D eigenvalue weighted by atomic mass is 9.97. The van der Waals surface area contributed by atoms with E-state index in [4.69, 9.17) is 9.47 Å². The third-order valence-corrected chi connectivity index (χ3v) is 6.19. The highest BCUT2D eigenvalue weighted by Gasteiger charge is 2.29. The zero-order valence-corrected chi connectivity index (χ0v) is 19.9. The van der Waals surface area contributed by atoms with Crippen molar-refractivity contribution < 1.29 is 28.7 Å². The minimum atomic E-state index is -0.219. The Balaban J connectivity index is 1.42. The zero-order chi connectivity index (χ0) is 24.5. The quantitative estimate of drug-likeness (QED) is 0.611. The van der Waals surface area contributed by atoms with Crippen molar-refractivity contribution in [3.63, 3.8) is 0 Å². The molecule has 10 heteroatoms. The number of hydrogen-bond acceptors (Lipinski definition) is 6. The molecule has 1 aromatic rings. The number of carbonyl (C=O) groups excluding carboxylic acids is 4. The van der Waals surface area contributed by atoms with Gasteiger partial charge in [-0.2, -0.15) is 0 Å². The average Bonchev–Trinajstić information content (AvgIpc) is 2.85. The van der Waals surface area contributed by atoms with Crippen LogP contribution in [0.4, 0.5) is 21.0 Å². The molecule has 10 nitrogen and oxygen atoms in total. The van der Waals surface area contributed by atoms with Gasteiger partial charge in [0.25, 0.3) is 0 Å². The Hall–Kier alpha value is -3.30. The number of ether oxygens (including phenoxy) is 2. The molecule has 0 unspecified atom stereocenters. The maximum absolute atomic E-state index is 12.5. The van der Waals surface area contributed by atoms with Crippen molar-refractivity contribution in [1.29, 1.82) is 0 Å². The molecule has 2 N–H and O–H groups in total. The number of amides is 4. The zero-order valence-electron chi connectivity index (χ0n) is 19.9. The van der Waals surface area contributed by atoms with Crippen LogP contribution >= 0.6 is 0 Å². The van der Waals surface area contributed by atoms with Crippen molar-refractivity contribution in [1.82, 2.24) is 9.80 Å². The number of urea groups is 2. The van der Waals surface area contributed by atoms with Crippen LogP contribution in [-0.2, 0) is 19.1 Å². The lowest BCUT2D eigenvalue weighted by molar-refractivity contribution is -0.150. The summed E-state index contributed by atoms with van der Waals surface area (Å²) in [6, 6.07) is 6.47. The number of hydrogen-bond donors (Lipinski definition) is 2. The molecule has 2 heterocycles. The second-order valence-electron chi connectivity index (χ2n) is 8.46. The highest BCUT2D eigenvalue weighted by Crippen LogP contribution is 2.22. The van der Waals surface area contributed by atoms with Crippen molar-refractivity contribution >= 4 is 35.4 Å². The first-order chi connectivity index (χ1) is 16.4. The highest BCUT2D eigenvalue weighted by atomic mass is 16.5. The number of nitrogens with one attached hydrogen (secondary N) is 2. The molecule has 2 aliphatic heterocycles. The van der Waals surface area contributed by atoms with Gasteiger partial charge >= 0.3 is 24.0 Å². The number of rotatable bonds is 6. The van der Waals surface area contributed by atoms with Gasteiger partial charge in [0.05, 0.1) is 25.0 Å². The topological polar surface area (TPSA) is 117 Å². The van der Waals surface area contributed by atoms with Crippen molar-refractivity contribution in [2.24, 2.45) is 11.8 Å². The smallest absolute Gasteiger partial charge is 0.321 e. The number of likely N-dealkylation sites (tertiary alicyclic amines) is 2. The van der Waals surface area contributed by atoms with E-state index in [1.54, 1.807) is 47.9 Å². The molecular weight excluding hydrogens is 440 g/mol. The SMILES string of the molecule is CCOC(=O)C1CCN(C(=O)Nc2ccc(NC(=O)N3CCC(C(=O)OCC)CC3)cc2)CC1. The Labute approximate surface area is 199 Å². The van der Waals surface area contributed by atoms with E-state index in [1.807, 2.05) is 0 Å². The number of piperidine rings is 2. The normalized spacial score (nSPS) is 17.1. The van der Waals surface area contributed by atoms with Gasteiger partial charge in [-0.25, -0.2) is 9.59 Å². The Morgan fingerprint density at radius 2 is 1.03 bits per heavy atom. The van der Waals surface area contributed by atoms with Gasteiger partial charge in [0.15, 0.2) is 0 Å². The van der Waals surface area contributed by atoms with E-state index in [-0.39, 0.29) is 35.8 Å². The molecule has 34 heavy (non-hydrogen) atoms. The molecule has 2 saturated heterocycles. The van der Waals surface area contributed by atoms with Crippen molar-refractivity contribution in [3.8, 4) is 0 Å². The summed E-state index contributed by atoms with van der Waals surface area (Å²) in [4.78, 5) is 52.2. The predicted octanol–water partition coefficient (Wildman–Crippen LogP) is 3.30. The maximum Gasteiger partial charge on any atom is 0.321 e. The van der Waals surface area contributed by atoms with Gasteiger partial charge in [-0.15, -0.1) is 0 Å². The first-order valence-electron chi connectivity index (χ1n) is 12.0. The van der Waals surface area contributed by atoms with Crippen LogP contribution in [0.15, 0.2) is 24.3 Å². The Kier molecular flexibility index (Phi) is 9.12. The fourth-order valence-electron chi connectivity index (χ4n) is 4.20. The molecule has 0 aliphatic carbocycles. The number of anilines is 2. The summed E-state index contributed by atoms with van der Waals surface area (Å²) >= 11 is 0. The Morgan fingerprint density at radius 3 is 1.32 bits per heavy atom. The largest absolute Gasteiger partial charge is 0.466 e. The molecule has 2 aliphatic rings. The monoisotopic (exact) mass is 474 g/mol. The molecule has 3 rings (SSSR count). The average molecular weight is 475 g/mol. The molecule has 0 saturated carbocycles. The van der Waals surface area contributed by atoms with Crippen molar-refractivity contribution in [2.45, 2.75) is 39.5 Å².